The molecule has 0 saturated carbocycles. The van der Waals surface area contributed by atoms with Crippen molar-refractivity contribution in [2.45, 2.75) is 50.3 Å². The van der Waals surface area contributed by atoms with Gasteiger partial charge in [-0.25, -0.2) is 14.0 Å². The summed E-state index contributed by atoms with van der Waals surface area (Å²) in [6.45, 7) is 5.42. The fraction of sp³-hybridized carbons (Fsp3) is 0.478. The number of carbonyl (C=O) groups is 2. The highest BCUT2D eigenvalue weighted by Crippen LogP contribution is 2.36. The summed E-state index contributed by atoms with van der Waals surface area (Å²) in [5.74, 6) is -3.76. The van der Waals surface area contributed by atoms with E-state index in [1.54, 1.807) is 6.07 Å². The highest BCUT2D eigenvalue weighted by atomic mass is 19.4. The summed E-state index contributed by atoms with van der Waals surface area (Å²) in [5.41, 5.74) is 0.744. The number of nitrogens with one attached hydrogen (secondary N) is 1. The molecule has 2 unspecified atom stereocenters. The van der Waals surface area contributed by atoms with Gasteiger partial charge in [0, 0.05) is 25.2 Å². The van der Waals surface area contributed by atoms with Gasteiger partial charge in [-0.3, -0.25) is 4.90 Å². The largest absolute Gasteiger partial charge is 0.490 e. The van der Waals surface area contributed by atoms with E-state index in [9.17, 15) is 30.7 Å². The molecule has 0 amide bonds. The lowest BCUT2D eigenvalue weighted by Crippen LogP contribution is -2.33. The Labute approximate surface area is 212 Å². The molecule has 8 nitrogen and oxygen atoms in total. The minimum Gasteiger partial charge on any atom is -0.475 e. The van der Waals surface area contributed by atoms with Gasteiger partial charge >= 0.3 is 24.3 Å². The minimum absolute atomic E-state index is 0.0768. The first kappa shape index (κ1) is 30.9. The third-order valence-electron chi connectivity index (χ3n) is 5.46. The van der Waals surface area contributed by atoms with E-state index in [-0.39, 0.29) is 17.5 Å². The summed E-state index contributed by atoms with van der Waals surface area (Å²) in [4.78, 5) is 20.2. The van der Waals surface area contributed by atoms with Crippen LogP contribution in [0, 0.1) is 12.7 Å². The van der Waals surface area contributed by atoms with Gasteiger partial charge in [-0.15, -0.1) is 0 Å². The van der Waals surface area contributed by atoms with Gasteiger partial charge in [0.15, 0.2) is 0 Å². The second kappa shape index (κ2) is 12.5. The van der Waals surface area contributed by atoms with Crippen LogP contribution in [0.5, 0.6) is 0 Å². The molecule has 3 N–H and O–H groups in total. The van der Waals surface area contributed by atoms with Crippen molar-refractivity contribution in [3.8, 4) is 0 Å². The summed E-state index contributed by atoms with van der Waals surface area (Å²) < 4.78 is 88.6. The Morgan fingerprint density at radius 1 is 1.08 bits per heavy atom. The quantitative estimate of drug-likeness (QED) is 0.458. The Bertz CT molecular complexity index is 1060. The summed E-state index contributed by atoms with van der Waals surface area (Å²) in [7, 11) is 0. The number of benzene rings is 1. The van der Waals surface area contributed by atoms with E-state index in [0.717, 1.165) is 49.7 Å². The fourth-order valence-corrected chi connectivity index (χ4v) is 3.89. The number of aliphatic carboxylic acids is 2. The predicted octanol–water partition coefficient (Wildman–Crippen LogP) is 4.84. The second-order valence-corrected chi connectivity index (χ2v) is 8.63. The number of anilines is 1. The number of alkyl halides is 6. The van der Waals surface area contributed by atoms with Crippen molar-refractivity contribution in [2.75, 3.05) is 25.0 Å². The van der Waals surface area contributed by atoms with E-state index in [1.807, 2.05) is 25.1 Å². The lowest BCUT2D eigenvalue weighted by atomic mass is 9.97. The first-order chi connectivity index (χ1) is 17.5. The van der Waals surface area contributed by atoms with Crippen molar-refractivity contribution >= 4 is 17.6 Å². The van der Waals surface area contributed by atoms with Gasteiger partial charge in [-0.2, -0.15) is 26.3 Å². The Balaban J connectivity index is 0.000000301. The molecule has 4 rings (SSSR count). The van der Waals surface area contributed by atoms with Crippen LogP contribution in [0.25, 0.3) is 0 Å². The topological polar surface area (TPSA) is 112 Å². The van der Waals surface area contributed by atoms with Crippen LogP contribution in [0.1, 0.15) is 24.4 Å². The van der Waals surface area contributed by atoms with Crippen molar-refractivity contribution < 1.29 is 59.7 Å². The number of furan rings is 1. The maximum Gasteiger partial charge on any atom is 0.490 e. The summed E-state index contributed by atoms with van der Waals surface area (Å²) in [6.07, 6.45) is -8.18. The van der Waals surface area contributed by atoms with Crippen LogP contribution in [0.4, 0.5) is 36.4 Å². The number of hydrogen-bond acceptors (Lipinski definition) is 6. The Hall–Kier alpha value is -3.33. The van der Waals surface area contributed by atoms with Gasteiger partial charge < -0.3 is 24.7 Å². The maximum atomic E-state index is 13.3. The molecule has 2 saturated heterocycles. The molecule has 212 valence electrons. The molecule has 2 aliphatic rings. The van der Waals surface area contributed by atoms with Gasteiger partial charge in [0.2, 0.25) is 0 Å². The molecule has 1 aromatic carbocycles. The predicted molar refractivity (Wildman–Crippen MR) is 118 cm³/mol. The molecular formula is C23H25F7N2O6. The normalized spacial score (nSPS) is 21.3. The molecule has 1 aromatic heterocycles. The lowest BCUT2D eigenvalue weighted by Gasteiger charge is -2.23. The highest BCUT2D eigenvalue weighted by molar-refractivity contribution is 5.73. The van der Waals surface area contributed by atoms with Gasteiger partial charge in [0.1, 0.15) is 17.3 Å². The zero-order chi connectivity index (χ0) is 28.7. The minimum atomic E-state index is -5.08. The SMILES string of the molecule is Cc1ccc(CN2CCC3(CC(Nc4cccc(F)c4)CO3)C2)o1.O=C(O)C(F)(F)F.O=C(O)C(F)(F)F. The lowest BCUT2D eigenvalue weighted by molar-refractivity contribution is -0.193. The van der Waals surface area contributed by atoms with Crippen molar-refractivity contribution in [2.24, 2.45) is 0 Å². The number of nitrogens with zero attached hydrogens (tertiary/aromatic N) is 1. The molecule has 2 fully saturated rings. The van der Waals surface area contributed by atoms with Crippen molar-refractivity contribution in [1.82, 2.24) is 4.90 Å². The van der Waals surface area contributed by atoms with Crippen LogP contribution < -0.4 is 5.32 Å². The van der Waals surface area contributed by atoms with Crippen LogP contribution in [-0.2, 0) is 20.9 Å². The standard InChI is InChI=1S/C19H23FN2O2.2C2HF3O2/c1-14-5-6-18(24-14)11-22-8-7-19(13-22)10-17(12-23-19)21-16-4-2-3-15(20)9-16;2*3-2(4,5)1(6)7/h2-6,9,17,21H,7-8,10-13H2,1H3;2*(H,6,7). The molecule has 38 heavy (non-hydrogen) atoms. The van der Waals surface area contributed by atoms with Crippen LogP contribution in [0.3, 0.4) is 0 Å². The number of hydrogen-bond donors (Lipinski definition) is 3. The van der Waals surface area contributed by atoms with Crippen molar-refractivity contribution in [3.05, 3.63) is 53.7 Å². The van der Waals surface area contributed by atoms with Crippen molar-refractivity contribution in [3.63, 3.8) is 0 Å². The molecule has 15 heteroatoms. The number of carboxylic acid groups (broad SMARTS) is 2. The van der Waals surface area contributed by atoms with E-state index in [1.165, 1.54) is 12.1 Å². The molecule has 0 bridgehead atoms. The van der Waals surface area contributed by atoms with Gasteiger partial charge in [-0.1, -0.05) is 6.07 Å². The van der Waals surface area contributed by atoms with E-state index < -0.39 is 24.3 Å². The number of halogens is 7. The molecule has 1 spiro atoms. The average Bonchev–Trinajstić information content (AvgIpc) is 3.49. The van der Waals surface area contributed by atoms with E-state index >= 15 is 0 Å². The zero-order valence-electron chi connectivity index (χ0n) is 19.9. The van der Waals surface area contributed by atoms with Crippen LogP contribution in [-0.4, -0.2) is 70.7 Å². The van der Waals surface area contributed by atoms with Gasteiger partial charge in [-0.05, 0) is 43.7 Å². The van der Waals surface area contributed by atoms with E-state index in [2.05, 4.69) is 10.2 Å². The van der Waals surface area contributed by atoms with Gasteiger partial charge in [0.25, 0.3) is 0 Å². The van der Waals surface area contributed by atoms with Crippen LogP contribution in [0.2, 0.25) is 0 Å². The Morgan fingerprint density at radius 3 is 2.18 bits per heavy atom. The molecular weight excluding hydrogens is 533 g/mol. The summed E-state index contributed by atoms with van der Waals surface area (Å²) in [5, 5.41) is 17.6. The molecule has 3 heterocycles. The number of ether oxygens (including phenoxy) is 1. The smallest absolute Gasteiger partial charge is 0.475 e. The van der Waals surface area contributed by atoms with Crippen LogP contribution >= 0.6 is 0 Å². The zero-order valence-corrected chi connectivity index (χ0v) is 19.9. The number of likely N-dealkylation sites (tertiary alicyclic amines) is 1. The van der Waals surface area contributed by atoms with E-state index in [4.69, 9.17) is 29.0 Å². The first-order valence-corrected chi connectivity index (χ1v) is 11.0. The van der Waals surface area contributed by atoms with E-state index in [0.29, 0.717) is 6.61 Å². The van der Waals surface area contributed by atoms with Gasteiger partial charge in [0.05, 0.1) is 24.8 Å². The first-order valence-electron chi connectivity index (χ1n) is 11.0. The molecule has 2 aliphatic heterocycles. The molecule has 2 aromatic rings. The third kappa shape index (κ3) is 9.85. The number of carboxylic acids is 2. The third-order valence-corrected chi connectivity index (χ3v) is 5.46. The average molecular weight is 558 g/mol. The van der Waals surface area contributed by atoms with Crippen molar-refractivity contribution in [1.29, 1.82) is 0 Å². The Kier molecular flexibility index (Phi) is 10.1. The summed E-state index contributed by atoms with van der Waals surface area (Å²) in [6, 6.07) is 10.9. The second-order valence-electron chi connectivity index (χ2n) is 8.63. The van der Waals surface area contributed by atoms with Crippen LogP contribution in [0.15, 0.2) is 40.8 Å². The molecule has 2 atom stereocenters. The number of rotatable bonds is 4. The molecule has 0 aliphatic carbocycles. The highest BCUT2D eigenvalue weighted by Gasteiger charge is 2.45. The maximum absolute atomic E-state index is 13.3. The number of aryl methyl sites for hydroxylation is 1. The molecule has 0 radical (unpaired) electrons. The summed E-state index contributed by atoms with van der Waals surface area (Å²) >= 11 is 0. The monoisotopic (exact) mass is 558 g/mol. The Morgan fingerprint density at radius 2 is 1.68 bits per heavy atom. The fourth-order valence-electron chi connectivity index (χ4n) is 3.89.